The molecule has 0 bridgehead atoms. The third-order valence-corrected chi connectivity index (χ3v) is 6.48. The van der Waals surface area contributed by atoms with Crippen molar-refractivity contribution in [2.75, 3.05) is 46.0 Å². The Kier molecular flexibility index (Phi) is 9.70. The average Bonchev–Trinajstić information content (AvgIpc) is 3.27. The van der Waals surface area contributed by atoms with Crippen molar-refractivity contribution in [2.45, 2.75) is 31.9 Å². The van der Waals surface area contributed by atoms with Crippen LogP contribution in [0.2, 0.25) is 0 Å². The Balaban J connectivity index is 1.67. The lowest BCUT2D eigenvalue weighted by Gasteiger charge is -2.37. The average molecular weight is 475 g/mol. The molecule has 3 rings (SSSR count). The molecule has 0 saturated carbocycles. The third kappa shape index (κ3) is 7.27. The van der Waals surface area contributed by atoms with Crippen molar-refractivity contribution < 1.29 is 23.8 Å². The van der Waals surface area contributed by atoms with E-state index in [1.54, 1.807) is 23.5 Å². The van der Waals surface area contributed by atoms with Crippen LogP contribution in [0, 0.1) is 18.2 Å². The second-order valence-corrected chi connectivity index (χ2v) is 9.03. The van der Waals surface area contributed by atoms with Gasteiger partial charge in [0.05, 0.1) is 25.3 Å². The Bertz CT molecular complexity index is 944. The van der Waals surface area contributed by atoms with Crippen molar-refractivity contribution in [1.82, 2.24) is 9.80 Å². The smallest absolute Gasteiger partial charge is 0.237 e. The molecule has 0 radical (unpaired) electrons. The highest BCUT2D eigenvalue weighted by atomic mass is 32.1. The number of nitrogens with zero attached hydrogens (tertiary/aromatic N) is 2. The number of fused-ring (bicyclic) bond motifs is 1. The Morgan fingerprint density at radius 3 is 3.06 bits per heavy atom. The van der Waals surface area contributed by atoms with Gasteiger partial charge in [-0.25, -0.2) is 4.39 Å². The summed E-state index contributed by atoms with van der Waals surface area (Å²) < 4.78 is 24.7. The lowest BCUT2D eigenvalue weighted by atomic mass is 10.0. The highest BCUT2D eigenvalue weighted by molar-refractivity contribution is 7.10. The first kappa shape index (κ1) is 25.2. The number of benzene rings is 1. The Labute approximate surface area is 198 Å². The Morgan fingerprint density at radius 1 is 1.45 bits per heavy atom. The standard InChI is InChI=1S/C25H31FN2O4S/c1-3-10-27(15-20(29)17-31-12-4-2)16-25(30)28-11-8-24-22(9-13-33-24)23(28)18-32-21-7-5-6-19(26)14-21/h2,5-7,9,13-14,20,23,29H,3,8,10-12,15-18H2,1H3/t20-,23+/m0/s1. The SMILES string of the molecule is C#CCOC[C@@H](O)CN(CCC)CC(=O)N1CCc2sccc2[C@H]1COc1cccc(F)c1. The molecule has 1 aliphatic rings. The van der Waals surface area contributed by atoms with E-state index in [1.165, 1.54) is 17.0 Å². The number of halogens is 1. The van der Waals surface area contributed by atoms with E-state index in [0.717, 1.165) is 18.4 Å². The summed E-state index contributed by atoms with van der Waals surface area (Å²) >= 11 is 1.68. The topological polar surface area (TPSA) is 62.2 Å². The number of hydrogen-bond donors (Lipinski definition) is 1. The van der Waals surface area contributed by atoms with Crippen molar-refractivity contribution in [2.24, 2.45) is 0 Å². The van der Waals surface area contributed by atoms with Gasteiger partial charge in [-0.2, -0.15) is 0 Å². The molecule has 0 saturated heterocycles. The second-order valence-electron chi connectivity index (χ2n) is 8.03. The summed E-state index contributed by atoms with van der Waals surface area (Å²) in [6.07, 6.45) is 6.10. The minimum atomic E-state index is -0.727. The zero-order valence-electron chi connectivity index (χ0n) is 18.9. The molecule has 1 aromatic heterocycles. The molecule has 2 aromatic rings. The van der Waals surface area contributed by atoms with Crippen LogP contribution in [0.4, 0.5) is 4.39 Å². The fraction of sp³-hybridized carbons (Fsp3) is 0.480. The molecule has 1 N–H and O–H groups in total. The molecule has 8 heteroatoms. The lowest BCUT2D eigenvalue weighted by molar-refractivity contribution is -0.136. The maximum absolute atomic E-state index is 13.6. The van der Waals surface area contributed by atoms with E-state index in [9.17, 15) is 14.3 Å². The maximum atomic E-state index is 13.6. The van der Waals surface area contributed by atoms with Gasteiger partial charge >= 0.3 is 0 Å². The van der Waals surface area contributed by atoms with Crippen LogP contribution < -0.4 is 4.74 Å². The molecule has 0 aliphatic carbocycles. The van der Waals surface area contributed by atoms with Crippen molar-refractivity contribution in [3.05, 3.63) is 52.0 Å². The highest BCUT2D eigenvalue weighted by Crippen LogP contribution is 2.34. The normalized spacial score (nSPS) is 16.3. The maximum Gasteiger partial charge on any atom is 0.237 e. The van der Waals surface area contributed by atoms with Gasteiger partial charge in [0.1, 0.15) is 24.8 Å². The number of ether oxygens (including phenoxy) is 2. The number of aliphatic hydroxyl groups is 1. The molecule has 2 heterocycles. The monoisotopic (exact) mass is 474 g/mol. The van der Waals surface area contributed by atoms with Crippen LogP contribution in [0.1, 0.15) is 29.8 Å². The molecule has 178 valence electrons. The fourth-order valence-electron chi connectivity index (χ4n) is 4.04. The minimum absolute atomic E-state index is 0.0233. The van der Waals surface area contributed by atoms with Crippen LogP contribution in [-0.4, -0.2) is 72.9 Å². The van der Waals surface area contributed by atoms with Crippen molar-refractivity contribution in [3.63, 3.8) is 0 Å². The number of amides is 1. The van der Waals surface area contributed by atoms with Crippen molar-refractivity contribution >= 4 is 17.2 Å². The van der Waals surface area contributed by atoms with Gasteiger partial charge in [0.25, 0.3) is 0 Å². The van der Waals surface area contributed by atoms with E-state index in [0.29, 0.717) is 25.4 Å². The van der Waals surface area contributed by atoms with Crippen LogP contribution in [0.5, 0.6) is 5.75 Å². The van der Waals surface area contributed by atoms with E-state index < -0.39 is 6.10 Å². The van der Waals surface area contributed by atoms with Crippen LogP contribution >= 0.6 is 11.3 Å². The van der Waals surface area contributed by atoms with Gasteiger partial charge in [0.15, 0.2) is 0 Å². The van der Waals surface area contributed by atoms with E-state index in [2.05, 4.69) is 5.92 Å². The first-order valence-corrected chi connectivity index (χ1v) is 12.1. The summed E-state index contributed by atoms with van der Waals surface area (Å²) in [7, 11) is 0. The molecule has 0 spiro atoms. The fourth-order valence-corrected chi connectivity index (χ4v) is 4.97. The molecule has 1 amide bonds. The molecule has 6 nitrogen and oxygen atoms in total. The molecule has 0 fully saturated rings. The highest BCUT2D eigenvalue weighted by Gasteiger charge is 2.33. The lowest BCUT2D eigenvalue weighted by Crippen LogP contribution is -2.48. The first-order valence-electron chi connectivity index (χ1n) is 11.2. The Morgan fingerprint density at radius 2 is 2.30 bits per heavy atom. The van der Waals surface area contributed by atoms with E-state index >= 15 is 0 Å². The number of carbonyl (C=O) groups is 1. The summed E-state index contributed by atoms with van der Waals surface area (Å²) in [5, 5.41) is 12.3. The van der Waals surface area contributed by atoms with Crippen molar-refractivity contribution in [1.29, 1.82) is 0 Å². The van der Waals surface area contributed by atoms with E-state index in [4.69, 9.17) is 15.9 Å². The third-order valence-electron chi connectivity index (χ3n) is 5.48. The van der Waals surface area contributed by atoms with Crippen molar-refractivity contribution in [3.8, 4) is 18.1 Å². The minimum Gasteiger partial charge on any atom is -0.491 e. The van der Waals surface area contributed by atoms with Gasteiger partial charge < -0.3 is 19.5 Å². The number of hydrogen-bond acceptors (Lipinski definition) is 6. The number of carbonyl (C=O) groups excluding carboxylic acids is 1. The van der Waals surface area contributed by atoms with Crippen LogP contribution in [-0.2, 0) is 16.0 Å². The van der Waals surface area contributed by atoms with Gasteiger partial charge in [-0.15, -0.1) is 17.8 Å². The number of aliphatic hydroxyl groups excluding tert-OH is 1. The van der Waals surface area contributed by atoms with E-state index in [1.807, 2.05) is 28.2 Å². The largest absolute Gasteiger partial charge is 0.491 e. The van der Waals surface area contributed by atoms with Gasteiger partial charge in [-0.05, 0) is 48.5 Å². The summed E-state index contributed by atoms with van der Waals surface area (Å²) in [6.45, 7) is 4.35. The summed E-state index contributed by atoms with van der Waals surface area (Å²) in [4.78, 5) is 18.4. The molecule has 0 unspecified atom stereocenters. The number of terminal acetylenes is 1. The van der Waals surface area contributed by atoms with Gasteiger partial charge in [-0.1, -0.05) is 18.9 Å². The summed E-state index contributed by atoms with van der Waals surface area (Å²) in [5.41, 5.74) is 1.08. The van der Waals surface area contributed by atoms with E-state index in [-0.39, 0.29) is 44.1 Å². The van der Waals surface area contributed by atoms with Crippen LogP contribution in [0.15, 0.2) is 35.7 Å². The number of rotatable bonds is 12. The van der Waals surface area contributed by atoms with Crippen LogP contribution in [0.3, 0.4) is 0 Å². The Hall–Kier alpha value is -2.44. The van der Waals surface area contributed by atoms with Gasteiger partial charge in [-0.3, -0.25) is 9.69 Å². The predicted molar refractivity (Wildman–Crippen MR) is 127 cm³/mol. The zero-order valence-corrected chi connectivity index (χ0v) is 19.7. The summed E-state index contributed by atoms with van der Waals surface area (Å²) in [6, 6.07) is 7.81. The predicted octanol–water partition coefficient (Wildman–Crippen LogP) is 3.11. The van der Waals surface area contributed by atoms with Gasteiger partial charge in [0, 0.05) is 24.0 Å². The first-order chi connectivity index (χ1) is 16.0. The molecule has 1 aliphatic heterocycles. The summed E-state index contributed by atoms with van der Waals surface area (Å²) in [5.74, 6) is 2.43. The van der Waals surface area contributed by atoms with Crippen LogP contribution in [0.25, 0.3) is 0 Å². The molecule has 33 heavy (non-hydrogen) atoms. The molecular weight excluding hydrogens is 443 g/mol. The molecule has 1 aromatic carbocycles. The zero-order chi connectivity index (χ0) is 23.6. The quantitative estimate of drug-likeness (QED) is 0.378. The molecular formula is C25H31FN2O4S. The second kappa shape index (κ2) is 12.7. The van der Waals surface area contributed by atoms with Gasteiger partial charge in [0.2, 0.25) is 5.91 Å². The molecule has 2 atom stereocenters. The number of thiophene rings is 1.